The van der Waals surface area contributed by atoms with Crippen molar-refractivity contribution in [2.45, 2.75) is 19.8 Å². The summed E-state index contributed by atoms with van der Waals surface area (Å²) in [5.74, 6) is -1.20. The van der Waals surface area contributed by atoms with Crippen molar-refractivity contribution in [2.75, 3.05) is 0 Å². The number of hydrogen-bond acceptors (Lipinski definition) is 4. The smallest absolute Gasteiger partial charge is 0.544 e. The number of thiophene rings is 1. The van der Waals surface area contributed by atoms with E-state index in [0.717, 1.165) is 17.8 Å². The van der Waals surface area contributed by atoms with Crippen molar-refractivity contribution < 1.29 is 47.6 Å². The van der Waals surface area contributed by atoms with Gasteiger partial charge in [-0.25, -0.2) is 0 Å². The molecule has 19 heavy (non-hydrogen) atoms. The minimum absolute atomic E-state index is 0. The molecule has 0 aromatic carbocycles. The van der Waals surface area contributed by atoms with E-state index in [1.165, 1.54) is 18.7 Å². The van der Waals surface area contributed by atoms with Gasteiger partial charge >= 0.3 is 37.7 Å². The number of fused-ring (bicyclic) bond motifs is 1. The quantitative estimate of drug-likeness (QED) is 0.434. The van der Waals surface area contributed by atoms with E-state index in [4.69, 9.17) is 11.6 Å². The molecular weight excluding hydrogens is 272 g/mol. The summed E-state index contributed by atoms with van der Waals surface area (Å²) >= 11 is 6.91. The predicted molar refractivity (Wildman–Crippen MR) is 69.2 cm³/mol. The van der Waals surface area contributed by atoms with E-state index in [1.54, 1.807) is 6.07 Å². The molecule has 0 bridgehead atoms. The zero-order valence-electron chi connectivity index (χ0n) is 11.4. The van der Waals surface area contributed by atoms with Crippen LogP contribution in [0.15, 0.2) is 18.3 Å². The Morgan fingerprint density at radius 2 is 2.11 bits per heavy atom. The van der Waals surface area contributed by atoms with Crippen LogP contribution in [-0.2, 0) is 0 Å². The van der Waals surface area contributed by atoms with Gasteiger partial charge in [-0.2, -0.15) is 6.42 Å². The number of carbonyl (C=O) groups is 1. The van der Waals surface area contributed by atoms with Crippen LogP contribution in [0, 0.1) is 6.92 Å². The summed E-state index contributed by atoms with van der Waals surface area (Å²) in [4.78, 5) is 14.6. The standard InChI is InChI=1S/C8H4ClNO2S.C4H9.2Li/c9-4-1-2-10-5-3-6(8(11)12)13-7(4)5;1-3-4-2;;/h1-3H,(H,11,12);1,3-4H2,2H3;;/q;-1;2*+1/p-1. The van der Waals surface area contributed by atoms with Crippen LogP contribution in [0.3, 0.4) is 0 Å². The molecule has 0 atom stereocenters. The van der Waals surface area contributed by atoms with Crippen molar-refractivity contribution >= 4 is 39.1 Å². The summed E-state index contributed by atoms with van der Waals surface area (Å²) in [5.41, 5.74) is 0.594. The molecule has 0 N–H and O–H groups in total. The average Bonchev–Trinajstić information content (AvgIpc) is 2.75. The zero-order valence-corrected chi connectivity index (χ0v) is 13.0. The summed E-state index contributed by atoms with van der Waals surface area (Å²) < 4.78 is 0.684. The molecule has 0 aliphatic heterocycles. The molecule has 0 aliphatic rings. The van der Waals surface area contributed by atoms with Crippen LogP contribution in [-0.4, -0.2) is 11.0 Å². The molecule has 0 aliphatic carbocycles. The first-order valence-corrected chi connectivity index (χ1v) is 6.34. The van der Waals surface area contributed by atoms with E-state index in [-0.39, 0.29) is 42.6 Å². The van der Waals surface area contributed by atoms with Gasteiger partial charge in [0.2, 0.25) is 0 Å². The number of carbonyl (C=O) groups excluding carboxylic acids is 1. The molecule has 3 nitrogen and oxygen atoms in total. The van der Waals surface area contributed by atoms with E-state index in [2.05, 4.69) is 18.8 Å². The summed E-state index contributed by atoms with van der Waals surface area (Å²) in [7, 11) is 0. The van der Waals surface area contributed by atoms with E-state index < -0.39 is 5.97 Å². The van der Waals surface area contributed by atoms with Crippen LogP contribution in [0.25, 0.3) is 10.2 Å². The van der Waals surface area contributed by atoms with Gasteiger partial charge in [-0.3, -0.25) is 4.98 Å². The first-order valence-electron chi connectivity index (χ1n) is 5.14. The maximum Gasteiger partial charge on any atom is 1.00 e. The number of carboxylic acids is 1. The number of pyridine rings is 1. The Kier molecular flexibility index (Phi) is 12.2. The van der Waals surface area contributed by atoms with Gasteiger partial charge in [0.15, 0.2) is 0 Å². The Labute approximate surface area is 146 Å². The third-order valence-electron chi connectivity index (χ3n) is 1.92. The SMILES string of the molecule is O=C([O-])c1cc2nccc(Cl)c2s1.[CH2-]CCC.[Li+].[Li+]. The molecule has 0 spiro atoms. The summed E-state index contributed by atoms with van der Waals surface area (Å²) in [6.45, 7) is 5.72. The largest absolute Gasteiger partial charge is 1.00 e. The first kappa shape index (κ1) is 21.4. The van der Waals surface area contributed by atoms with E-state index in [0.29, 0.717) is 15.2 Å². The minimum Gasteiger partial charge on any atom is -0.544 e. The Hall–Kier alpha value is 0.0648. The number of rotatable bonds is 2. The normalized spacial score (nSPS) is 8.79. The van der Waals surface area contributed by atoms with Crippen molar-refractivity contribution in [2.24, 2.45) is 0 Å². The van der Waals surface area contributed by atoms with Crippen LogP contribution in [0.1, 0.15) is 29.4 Å². The van der Waals surface area contributed by atoms with E-state index in [1.807, 2.05) is 0 Å². The Balaban J connectivity index is 0. The molecule has 0 unspecified atom stereocenters. The maximum absolute atomic E-state index is 10.5. The number of aromatic nitrogens is 1. The first-order chi connectivity index (χ1) is 8.10. The summed E-state index contributed by atoms with van der Waals surface area (Å²) in [6, 6.07) is 3.08. The van der Waals surface area contributed by atoms with Gasteiger partial charge in [0.05, 0.1) is 26.1 Å². The second-order valence-electron chi connectivity index (χ2n) is 3.26. The molecule has 92 valence electrons. The van der Waals surface area contributed by atoms with E-state index >= 15 is 0 Å². The fourth-order valence-corrected chi connectivity index (χ4v) is 2.13. The molecular formula is C12H12ClLi2NO2S. The Bertz CT molecular complexity index is 517. The molecule has 7 heteroatoms. The summed E-state index contributed by atoms with van der Waals surface area (Å²) in [6.07, 6.45) is 3.82. The van der Waals surface area contributed by atoms with Gasteiger partial charge in [-0.15, -0.1) is 11.3 Å². The van der Waals surface area contributed by atoms with Gasteiger partial charge < -0.3 is 16.8 Å². The van der Waals surface area contributed by atoms with Gasteiger partial charge in [-0.1, -0.05) is 24.9 Å². The molecule has 0 saturated carbocycles. The number of halogens is 1. The van der Waals surface area contributed by atoms with Crippen LogP contribution in [0.2, 0.25) is 5.02 Å². The third-order valence-corrected chi connectivity index (χ3v) is 3.48. The van der Waals surface area contributed by atoms with E-state index in [9.17, 15) is 9.90 Å². The van der Waals surface area contributed by atoms with Crippen molar-refractivity contribution in [3.63, 3.8) is 0 Å². The zero-order chi connectivity index (χ0) is 12.8. The van der Waals surface area contributed by atoms with Crippen LogP contribution >= 0.6 is 22.9 Å². The molecule has 0 radical (unpaired) electrons. The monoisotopic (exact) mass is 283 g/mol. The minimum atomic E-state index is -1.20. The van der Waals surface area contributed by atoms with Crippen LogP contribution < -0.4 is 42.8 Å². The number of aromatic carboxylic acids is 1. The fraction of sp³-hybridized carbons (Fsp3) is 0.250. The second-order valence-corrected chi connectivity index (χ2v) is 4.72. The Morgan fingerprint density at radius 1 is 1.53 bits per heavy atom. The van der Waals surface area contributed by atoms with Crippen LogP contribution in [0.5, 0.6) is 0 Å². The van der Waals surface area contributed by atoms with Gasteiger partial charge in [0.1, 0.15) is 0 Å². The van der Waals surface area contributed by atoms with Crippen molar-refractivity contribution in [1.29, 1.82) is 0 Å². The van der Waals surface area contributed by atoms with Gasteiger partial charge in [-0.05, 0) is 12.1 Å². The second kappa shape index (κ2) is 10.8. The maximum atomic E-state index is 10.5. The number of unbranched alkanes of at least 4 members (excludes halogenated alkanes) is 1. The number of carboxylic acid groups (broad SMARTS) is 1. The van der Waals surface area contributed by atoms with Crippen molar-refractivity contribution in [1.82, 2.24) is 4.98 Å². The molecule has 2 heterocycles. The number of hydrogen-bond donors (Lipinski definition) is 0. The molecule has 2 aromatic heterocycles. The van der Waals surface area contributed by atoms with Gasteiger partial charge in [0.25, 0.3) is 0 Å². The topological polar surface area (TPSA) is 53.0 Å². The molecule has 0 fully saturated rings. The van der Waals surface area contributed by atoms with Crippen molar-refractivity contribution in [3.8, 4) is 0 Å². The van der Waals surface area contributed by atoms with Gasteiger partial charge in [0, 0.05) is 6.20 Å². The molecule has 2 rings (SSSR count). The summed E-state index contributed by atoms with van der Waals surface area (Å²) in [5, 5.41) is 11.0. The molecule has 2 aromatic rings. The molecule has 0 amide bonds. The molecule has 0 saturated heterocycles. The predicted octanol–water partition coefficient (Wildman–Crippen LogP) is -3.06. The number of nitrogens with zero attached hydrogens (tertiary/aromatic N) is 1. The average molecular weight is 284 g/mol. The Morgan fingerprint density at radius 3 is 2.53 bits per heavy atom. The van der Waals surface area contributed by atoms with Crippen molar-refractivity contribution in [3.05, 3.63) is 35.2 Å². The third kappa shape index (κ3) is 6.36. The fourth-order valence-electron chi connectivity index (χ4n) is 1.01. The van der Waals surface area contributed by atoms with Crippen LogP contribution in [0.4, 0.5) is 0 Å².